The average molecular weight is 243 g/mol. The number of nitrogens with zero attached hydrogens (tertiary/aromatic N) is 2. The predicted molar refractivity (Wildman–Crippen MR) is 66.7 cm³/mol. The second-order valence-corrected chi connectivity index (χ2v) is 5.45. The number of nitrogens with one attached hydrogen (secondary N) is 1. The van der Waals surface area contributed by atoms with E-state index < -0.39 is 0 Å². The second-order valence-electron chi connectivity index (χ2n) is 4.31. The summed E-state index contributed by atoms with van der Waals surface area (Å²) < 4.78 is 5.48. The predicted octanol–water partition coefficient (Wildman–Crippen LogP) is 2.00. The lowest BCUT2D eigenvalue weighted by Gasteiger charge is -2.05. The third-order valence-corrected chi connectivity index (χ3v) is 2.90. The van der Waals surface area contributed by atoms with E-state index in [0.717, 1.165) is 23.0 Å². The summed E-state index contributed by atoms with van der Waals surface area (Å²) in [6, 6.07) is 0.525. The van der Waals surface area contributed by atoms with E-state index in [1.54, 1.807) is 11.3 Å². The average Bonchev–Trinajstić information content (AvgIpc) is 2.62. The van der Waals surface area contributed by atoms with Crippen molar-refractivity contribution in [1.29, 1.82) is 0 Å². The molecule has 0 fully saturated rings. The van der Waals surface area contributed by atoms with Crippen molar-refractivity contribution in [1.82, 2.24) is 15.5 Å². The topological polar surface area (TPSA) is 47.0 Å². The van der Waals surface area contributed by atoms with Gasteiger partial charge in [0, 0.05) is 19.0 Å². The van der Waals surface area contributed by atoms with Crippen molar-refractivity contribution < 1.29 is 4.74 Å². The van der Waals surface area contributed by atoms with Crippen LogP contribution in [0, 0.1) is 0 Å². The third-order valence-electron chi connectivity index (χ3n) is 1.94. The highest BCUT2D eigenvalue weighted by atomic mass is 32.1. The molecule has 0 aliphatic rings. The standard InChI is InChI=1S/C11H21N3OS/c1-8(2)12-6-5-10-13-14-11(16-10)7-15-9(3)4/h8-9,12H,5-7H2,1-4H3. The van der Waals surface area contributed by atoms with E-state index in [1.807, 2.05) is 13.8 Å². The number of hydrogen-bond acceptors (Lipinski definition) is 5. The van der Waals surface area contributed by atoms with Gasteiger partial charge in [-0.3, -0.25) is 0 Å². The quantitative estimate of drug-likeness (QED) is 0.795. The molecule has 0 unspecified atom stereocenters. The molecule has 1 aromatic rings. The number of ether oxygens (including phenoxy) is 1. The molecule has 0 spiro atoms. The third kappa shape index (κ3) is 5.53. The molecule has 0 amide bonds. The van der Waals surface area contributed by atoms with Crippen molar-refractivity contribution >= 4 is 11.3 Å². The van der Waals surface area contributed by atoms with Crippen LogP contribution in [0.4, 0.5) is 0 Å². The minimum Gasteiger partial charge on any atom is -0.372 e. The second kappa shape index (κ2) is 6.93. The molecule has 4 nitrogen and oxygen atoms in total. The summed E-state index contributed by atoms with van der Waals surface area (Å²) in [6.45, 7) is 9.86. The van der Waals surface area contributed by atoms with Gasteiger partial charge in [0.2, 0.25) is 0 Å². The van der Waals surface area contributed by atoms with Crippen LogP contribution in [-0.4, -0.2) is 28.9 Å². The molecule has 1 rings (SSSR count). The summed E-state index contributed by atoms with van der Waals surface area (Å²) in [5.41, 5.74) is 0. The minimum absolute atomic E-state index is 0.245. The van der Waals surface area contributed by atoms with Gasteiger partial charge in [-0.05, 0) is 13.8 Å². The Hall–Kier alpha value is -0.520. The number of rotatable bonds is 7. The lowest BCUT2D eigenvalue weighted by atomic mass is 10.3. The van der Waals surface area contributed by atoms with Crippen LogP contribution in [0.5, 0.6) is 0 Å². The largest absolute Gasteiger partial charge is 0.372 e. The van der Waals surface area contributed by atoms with Crippen LogP contribution in [0.3, 0.4) is 0 Å². The van der Waals surface area contributed by atoms with Gasteiger partial charge in [0.15, 0.2) is 0 Å². The maximum atomic E-state index is 5.48. The van der Waals surface area contributed by atoms with Crippen molar-refractivity contribution in [2.24, 2.45) is 0 Å². The van der Waals surface area contributed by atoms with E-state index in [0.29, 0.717) is 12.6 Å². The highest BCUT2D eigenvalue weighted by molar-refractivity contribution is 7.11. The molecule has 0 aliphatic heterocycles. The maximum Gasteiger partial charge on any atom is 0.143 e. The summed E-state index contributed by atoms with van der Waals surface area (Å²) in [7, 11) is 0. The van der Waals surface area contributed by atoms with Gasteiger partial charge in [-0.2, -0.15) is 0 Å². The number of aromatic nitrogens is 2. The van der Waals surface area contributed by atoms with Crippen molar-refractivity contribution in [2.75, 3.05) is 6.54 Å². The Kier molecular flexibility index (Phi) is 5.87. The smallest absolute Gasteiger partial charge is 0.143 e. The molecule has 92 valence electrons. The first-order chi connectivity index (χ1) is 7.58. The molecular formula is C11H21N3OS. The van der Waals surface area contributed by atoms with Crippen molar-refractivity contribution in [3.05, 3.63) is 10.0 Å². The van der Waals surface area contributed by atoms with Gasteiger partial charge in [-0.15, -0.1) is 10.2 Å². The van der Waals surface area contributed by atoms with Crippen LogP contribution < -0.4 is 5.32 Å². The lowest BCUT2D eigenvalue weighted by Crippen LogP contribution is -2.24. The van der Waals surface area contributed by atoms with Gasteiger partial charge < -0.3 is 10.1 Å². The SMILES string of the molecule is CC(C)NCCc1nnc(COC(C)C)s1. The Morgan fingerprint density at radius 1 is 1.19 bits per heavy atom. The summed E-state index contributed by atoms with van der Waals surface area (Å²) in [6.07, 6.45) is 1.19. The van der Waals surface area contributed by atoms with Gasteiger partial charge in [0.05, 0.1) is 6.10 Å². The summed E-state index contributed by atoms with van der Waals surface area (Å²) in [5.74, 6) is 0. The Morgan fingerprint density at radius 2 is 1.88 bits per heavy atom. The van der Waals surface area contributed by atoms with Crippen molar-refractivity contribution in [3.8, 4) is 0 Å². The zero-order valence-corrected chi connectivity index (χ0v) is 11.3. The molecule has 0 atom stereocenters. The first kappa shape index (κ1) is 13.5. The Labute approximate surface area is 101 Å². The van der Waals surface area contributed by atoms with Crippen LogP contribution in [0.15, 0.2) is 0 Å². The molecule has 0 saturated heterocycles. The van der Waals surface area contributed by atoms with Gasteiger partial charge in [0.1, 0.15) is 16.6 Å². The molecule has 5 heteroatoms. The number of hydrogen-bond donors (Lipinski definition) is 1. The first-order valence-corrected chi connectivity index (χ1v) is 6.56. The molecule has 0 saturated carbocycles. The molecule has 0 bridgehead atoms. The fourth-order valence-corrected chi connectivity index (χ4v) is 1.92. The van der Waals surface area contributed by atoms with Gasteiger partial charge >= 0.3 is 0 Å². The van der Waals surface area contributed by atoms with Crippen LogP contribution in [-0.2, 0) is 17.8 Å². The van der Waals surface area contributed by atoms with Crippen LogP contribution >= 0.6 is 11.3 Å². The van der Waals surface area contributed by atoms with E-state index in [9.17, 15) is 0 Å². The van der Waals surface area contributed by atoms with E-state index >= 15 is 0 Å². The highest BCUT2D eigenvalue weighted by Crippen LogP contribution is 2.11. The molecule has 0 aliphatic carbocycles. The van der Waals surface area contributed by atoms with Gasteiger partial charge in [-0.1, -0.05) is 25.2 Å². The normalized spacial score (nSPS) is 11.6. The zero-order valence-electron chi connectivity index (χ0n) is 10.5. The summed E-state index contributed by atoms with van der Waals surface area (Å²) in [5, 5.41) is 13.6. The van der Waals surface area contributed by atoms with E-state index in [4.69, 9.17) is 4.74 Å². The monoisotopic (exact) mass is 243 g/mol. The van der Waals surface area contributed by atoms with Gasteiger partial charge in [-0.25, -0.2) is 0 Å². The van der Waals surface area contributed by atoms with Crippen LogP contribution in [0.2, 0.25) is 0 Å². The maximum absolute atomic E-state index is 5.48. The van der Waals surface area contributed by atoms with Crippen LogP contribution in [0.1, 0.15) is 37.7 Å². The first-order valence-electron chi connectivity index (χ1n) is 5.74. The molecule has 1 N–H and O–H groups in total. The Balaban J connectivity index is 2.28. The summed E-state index contributed by atoms with van der Waals surface area (Å²) in [4.78, 5) is 0. The molecule has 1 aromatic heterocycles. The molecule has 0 aromatic carbocycles. The van der Waals surface area contributed by atoms with E-state index in [-0.39, 0.29) is 6.10 Å². The highest BCUT2D eigenvalue weighted by Gasteiger charge is 2.05. The van der Waals surface area contributed by atoms with Gasteiger partial charge in [0.25, 0.3) is 0 Å². The van der Waals surface area contributed by atoms with Crippen molar-refractivity contribution in [2.45, 2.75) is 52.9 Å². The molecular weight excluding hydrogens is 222 g/mol. The fourth-order valence-electron chi connectivity index (χ4n) is 1.15. The Morgan fingerprint density at radius 3 is 2.50 bits per heavy atom. The molecule has 16 heavy (non-hydrogen) atoms. The molecule has 0 radical (unpaired) electrons. The van der Waals surface area contributed by atoms with E-state index in [1.165, 1.54) is 0 Å². The summed E-state index contributed by atoms with van der Waals surface area (Å²) >= 11 is 1.64. The fraction of sp³-hybridized carbons (Fsp3) is 0.818. The Bertz CT molecular complexity index is 299. The lowest BCUT2D eigenvalue weighted by molar-refractivity contribution is 0.0652. The van der Waals surface area contributed by atoms with Crippen molar-refractivity contribution in [3.63, 3.8) is 0 Å². The molecule has 1 heterocycles. The zero-order chi connectivity index (χ0) is 12.0. The van der Waals surface area contributed by atoms with Crippen LogP contribution in [0.25, 0.3) is 0 Å². The minimum atomic E-state index is 0.245. The van der Waals surface area contributed by atoms with E-state index in [2.05, 4.69) is 29.4 Å².